The number of carbonyl (C=O) groups is 2. The highest BCUT2D eigenvalue weighted by atomic mass is 16.7. The number of aromatic nitrogens is 2. The third-order valence-corrected chi connectivity index (χ3v) is 5.66. The normalized spacial score (nSPS) is 20.9. The first-order valence-electron chi connectivity index (χ1n) is 11.4. The van der Waals surface area contributed by atoms with Crippen molar-refractivity contribution in [3.63, 3.8) is 0 Å². The summed E-state index contributed by atoms with van der Waals surface area (Å²) in [5.41, 5.74) is -0.185. The molecule has 1 aliphatic rings. The molecule has 4 atom stereocenters. The van der Waals surface area contributed by atoms with E-state index in [1.54, 1.807) is 30.3 Å². The van der Waals surface area contributed by atoms with Crippen molar-refractivity contribution >= 4 is 11.9 Å². The lowest BCUT2D eigenvalue weighted by atomic mass is 10.2. The molecule has 37 heavy (non-hydrogen) atoms. The van der Waals surface area contributed by atoms with Crippen molar-refractivity contribution in [3.05, 3.63) is 105 Å². The lowest BCUT2D eigenvalue weighted by Gasteiger charge is -2.23. The van der Waals surface area contributed by atoms with Gasteiger partial charge in [-0.05, 0) is 17.7 Å². The van der Waals surface area contributed by atoms with Crippen LogP contribution < -0.4 is 11.2 Å². The molecule has 3 aromatic rings. The SMILES string of the molecule is CO[C@H]1C(OC(=O)c2ccccc2)C(OC(C)=O)O[C@H]1n1ccc(=O)n(COCc2ccccc2)c1=O. The Hall–Kier alpha value is -4.06. The summed E-state index contributed by atoms with van der Waals surface area (Å²) in [7, 11) is 1.34. The van der Waals surface area contributed by atoms with Crippen molar-refractivity contribution in [1.82, 2.24) is 9.13 Å². The highest BCUT2D eigenvalue weighted by molar-refractivity contribution is 5.89. The van der Waals surface area contributed by atoms with Crippen LogP contribution in [-0.2, 0) is 41.8 Å². The molecule has 11 nitrogen and oxygen atoms in total. The molecular weight excluding hydrogens is 484 g/mol. The Balaban J connectivity index is 1.59. The summed E-state index contributed by atoms with van der Waals surface area (Å²) in [5, 5.41) is 0. The van der Waals surface area contributed by atoms with Crippen LogP contribution in [0.15, 0.2) is 82.5 Å². The van der Waals surface area contributed by atoms with Crippen molar-refractivity contribution in [2.45, 2.75) is 45.0 Å². The Morgan fingerprint density at radius 1 is 0.919 bits per heavy atom. The molecule has 1 fully saturated rings. The van der Waals surface area contributed by atoms with Gasteiger partial charge in [0.15, 0.2) is 12.3 Å². The number of hydrogen-bond donors (Lipinski definition) is 0. The molecule has 0 N–H and O–H groups in total. The van der Waals surface area contributed by atoms with Gasteiger partial charge in [0, 0.05) is 26.3 Å². The van der Waals surface area contributed by atoms with Gasteiger partial charge >= 0.3 is 17.6 Å². The summed E-state index contributed by atoms with van der Waals surface area (Å²) >= 11 is 0. The minimum atomic E-state index is -1.36. The van der Waals surface area contributed by atoms with Gasteiger partial charge in [-0.1, -0.05) is 48.5 Å². The fraction of sp³-hybridized carbons (Fsp3) is 0.308. The molecule has 4 rings (SSSR count). The molecule has 1 aromatic heterocycles. The molecule has 0 amide bonds. The molecule has 11 heteroatoms. The Morgan fingerprint density at radius 3 is 2.24 bits per heavy atom. The summed E-state index contributed by atoms with van der Waals surface area (Å²) in [6.07, 6.45) is -3.56. The number of methoxy groups -OCH3 is 1. The molecule has 2 unspecified atom stereocenters. The van der Waals surface area contributed by atoms with E-state index in [2.05, 4.69) is 0 Å². The van der Waals surface area contributed by atoms with Crippen molar-refractivity contribution in [2.24, 2.45) is 0 Å². The second-order valence-corrected chi connectivity index (χ2v) is 8.18. The fourth-order valence-electron chi connectivity index (χ4n) is 3.90. The first-order valence-corrected chi connectivity index (χ1v) is 11.4. The summed E-state index contributed by atoms with van der Waals surface area (Å²) in [6, 6.07) is 18.7. The summed E-state index contributed by atoms with van der Waals surface area (Å²) in [6.45, 7) is 1.05. The Labute approximate surface area is 211 Å². The van der Waals surface area contributed by atoms with Crippen molar-refractivity contribution < 1.29 is 33.3 Å². The molecule has 0 bridgehead atoms. The van der Waals surface area contributed by atoms with Crippen LogP contribution in [0.25, 0.3) is 0 Å². The zero-order chi connectivity index (χ0) is 26.4. The Morgan fingerprint density at radius 2 is 1.59 bits per heavy atom. The number of benzene rings is 2. The second-order valence-electron chi connectivity index (χ2n) is 8.18. The molecular formula is C26H26N2O9. The minimum absolute atomic E-state index is 0.189. The minimum Gasteiger partial charge on any atom is -0.449 e. The van der Waals surface area contributed by atoms with E-state index in [4.69, 9.17) is 23.7 Å². The third kappa shape index (κ3) is 6.02. The van der Waals surface area contributed by atoms with Gasteiger partial charge in [0.2, 0.25) is 6.29 Å². The van der Waals surface area contributed by atoms with Crippen molar-refractivity contribution in [3.8, 4) is 0 Å². The molecule has 1 aliphatic heterocycles. The molecule has 194 valence electrons. The van der Waals surface area contributed by atoms with Crippen LogP contribution in [-0.4, -0.2) is 46.7 Å². The van der Waals surface area contributed by atoms with E-state index in [1.807, 2.05) is 30.3 Å². The zero-order valence-electron chi connectivity index (χ0n) is 20.2. The number of carbonyl (C=O) groups excluding carboxylic acids is 2. The molecule has 2 heterocycles. The summed E-state index contributed by atoms with van der Waals surface area (Å²) in [4.78, 5) is 50.2. The van der Waals surface area contributed by atoms with Gasteiger partial charge in [-0.25, -0.2) is 14.2 Å². The monoisotopic (exact) mass is 510 g/mol. The predicted octanol–water partition coefficient (Wildman–Crippen LogP) is 1.84. The maximum Gasteiger partial charge on any atom is 0.338 e. The molecule has 0 radical (unpaired) electrons. The van der Waals surface area contributed by atoms with E-state index in [0.29, 0.717) is 0 Å². The average Bonchev–Trinajstić information content (AvgIpc) is 3.22. The topological polar surface area (TPSA) is 124 Å². The smallest absolute Gasteiger partial charge is 0.338 e. The maximum absolute atomic E-state index is 13.3. The lowest BCUT2D eigenvalue weighted by molar-refractivity contribution is -0.191. The molecule has 0 aliphatic carbocycles. The van der Waals surface area contributed by atoms with E-state index in [0.717, 1.165) is 14.7 Å². The van der Waals surface area contributed by atoms with E-state index in [-0.39, 0.29) is 18.9 Å². The van der Waals surface area contributed by atoms with Crippen LogP contribution in [0.2, 0.25) is 0 Å². The van der Waals surface area contributed by atoms with Gasteiger partial charge in [0.25, 0.3) is 5.56 Å². The first-order chi connectivity index (χ1) is 17.9. The number of nitrogens with zero attached hydrogens (tertiary/aromatic N) is 2. The first kappa shape index (κ1) is 26.0. The van der Waals surface area contributed by atoms with Gasteiger partial charge in [-0.2, -0.15) is 0 Å². The largest absolute Gasteiger partial charge is 0.449 e. The quantitative estimate of drug-likeness (QED) is 0.397. The van der Waals surface area contributed by atoms with Crippen LogP contribution >= 0.6 is 0 Å². The summed E-state index contributed by atoms with van der Waals surface area (Å²) in [5.74, 6) is -1.38. The van der Waals surface area contributed by atoms with Crippen molar-refractivity contribution in [2.75, 3.05) is 7.11 Å². The van der Waals surface area contributed by atoms with E-state index in [1.165, 1.54) is 26.3 Å². The number of ether oxygens (including phenoxy) is 5. The Bertz CT molecular complexity index is 1340. The average molecular weight is 510 g/mol. The lowest BCUT2D eigenvalue weighted by Crippen LogP contribution is -2.44. The maximum atomic E-state index is 13.3. The van der Waals surface area contributed by atoms with E-state index >= 15 is 0 Å². The number of hydrogen-bond acceptors (Lipinski definition) is 9. The third-order valence-electron chi connectivity index (χ3n) is 5.66. The van der Waals surface area contributed by atoms with Crippen LogP contribution in [0.5, 0.6) is 0 Å². The standard InChI is InChI=1S/C26H26N2O9/c1-17(29)35-25-22(36-24(31)19-11-7-4-8-12-19)21(33-2)23(37-25)27-14-13-20(30)28(26(27)32)16-34-15-18-9-5-3-6-10-18/h3-14,21-23,25H,15-16H2,1-2H3/t21-,22?,23+,25?/m0/s1. The number of rotatable bonds is 9. The molecule has 0 spiro atoms. The predicted molar refractivity (Wildman–Crippen MR) is 128 cm³/mol. The molecule has 2 aromatic carbocycles. The van der Waals surface area contributed by atoms with Crippen LogP contribution in [0.1, 0.15) is 29.1 Å². The van der Waals surface area contributed by atoms with Crippen molar-refractivity contribution in [1.29, 1.82) is 0 Å². The van der Waals surface area contributed by atoms with Gasteiger partial charge < -0.3 is 23.7 Å². The molecule has 1 saturated heterocycles. The van der Waals surface area contributed by atoms with Gasteiger partial charge in [-0.3, -0.25) is 14.2 Å². The number of esters is 2. The van der Waals surface area contributed by atoms with Gasteiger partial charge in [0.05, 0.1) is 12.2 Å². The second kappa shape index (κ2) is 11.8. The molecule has 0 saturated carbocycles. The van der Waals surface area contributed by atoms with Gasteiger partial charge in [-0.15, -0.1) is 0 Å². The van der Waals surface area contributed by atoms with Crippen LogP contribution in [0.4, 0.5) is 0 Å². The van der Waals surface area contributed by atoms with E-state index < -0.39 is 47.9 Å². The van der Waals surface area contributed by atoms with E-state index in [9.17, 15) is 19.2 Å². The van der Waals surface area contributed by atoms with Gasteiger partial charge in [0.1, 0.15) is 12.8 Å². The fourth-order valence-corrected chi connectivity index (χ4v) is 3.90. The van der Waals surface area contributed by atoms with Crippen LogP contribution in [0.3, 0.4) is 0 Å². The highest BCUT2D eigenvalue weighted by Crippen LogP contribution is 2.33. The highest BCUT2D eigenvalue weighted by Gasteiger charge is 2.51. The Kier molecular flexibility index (Phi) is 8.29. The zero-order valence-corrected chi connectivity index (χ0v) is 20.2. The summed E-state index contributed by atoms with van der Waals surface area (Å²) < 4.78 is 29.7. The van der Waals surface area contributed by atoms with Crippen LogP contribution in [0, 0.1) is 0 Å².